The number of halogens is 1. The lowest BCUT2D eigenvalue weighted by Crippen LogP contribution is -2.58. The van der Waals surface area contributed by atoms with Crippen LogP contribution in [0.1, 0.15) is 54.9 Å². The predicted molar refractivity (Wildman–Crippen MR) is 88.2 cm³/mol. The molecule has 1 saturated carbocycles. The molecule has 0 aromatic rings. The highest BCUT2D eigenvalue weighted by Crippen LogP contribution is 2.57. The SMILES string of the molecule is COC(=O)[C@]1(N(C(=O)OC(C)(C)C)C(=O)OC(C)(C)C)C[C@@]1(F)C(C)=O. The van der Waals surface area contributed by atoms with E-state index >= 15 is 4.39 Å². The smallest absolute Gasteiger partial charge is 0.421 e. The van der Waals surface area contributed by atoms with Crippen molar-refractivity contribution in [2.24, 2.45) is 0 Å². The van der Waals surface area contributed by atoms with Gasteiger partial charge in [-0.25, -0.2) is 18.8 Å². The van der Waals surface area contributed by atoms with Gasteiger partial charge in [0.1, 0.15) is 11.2 Å². The Morgan fingerprint density at radius 2 is 1.31 bits per heavy atom. The summed E-state index contributed by atoms with van der Waals surface area (Å²) in [5.74, 6) is -2.26. The van der Waals surface area contributed by atoms with Gasteiger partial charge in [-0.3, -0.25) is 4.79 Å². The molecule has 1 fully saturated rings. The molecule has 0 saturated heterocycles. The molecular weight excluding hydrogens is 349 g/mol. The maximum atomic E-state index is 15.1. The van der Waals surface area contributed by atoms with E-state index in [2.05, 4.69) is 4.74 Å². The summed E-state index contributed by atoms with van der Waals surface area (Å²) in [5, 5.41) is 0. The zero-order valence-electron chi connectivity index (χ0n) is 16.4. The van der Waals surface area contributed by atoms with Crippen LogP contribution >= 0.6 is 0 Å². The standard InChI is InChI=1S/C17H26FNO7/c1-10(20)16(18)9-17(16,11(21)24-8)19(12(22)25-14(2,3)4)13(23)26-15(5,6)7/h9H2,1-8H3/t16-,17-/m1/s1. The van der Waals surface area contributed by atoms with Crippen LogP contribution in [-0.4, -0.2) is 58.4 Å². The summed E-state index contributed by atoms with van der Waals surface area (Å²) in [4.78, 5) is 49.6. The van der Waals surface area contributed by atoms with Gasteiger partial charge in [-0.2, -0.15) is 4.90 Å². The summed E-state index contributed by atoms with van der Waals surface area (Å²) in [5.41, 5.74) is -7.32. The number of esters is 1. The molecule has 0 aliphatic heterocycles. The van der Waals surface area contributed by atoms with Crippen LogP contribution in [0.15, 0.2) is 0 Å². The summed E-state index contributed by atoms with van der Waals surface area (Å²) >= 11 is 0. The first-order chi connectivity index (χ1) is 11.5. The molecule has 0 unspecified atom stereocenters. The van der Waals surface area contributed by atoms with Crippen molar-refractivity contribution in [2.45, 2.75) is 77.3 Å². The zero-order valence-corrected chi connectivity index (χ0v) is 16.4. The summed E-state index contributed by atoms with van der Waals surface area (Å²) in [6, 6.07) is 0. The number of Topliss-reactive ketones (excluding diaryl/α,β-unsaturated/α-hetero) is 1. The van der Waals surface area contributed by atoms with Crippen LogP contribution < -0.4 is 0 Å². The number of ether oxygens (including phenoxy) is 3. The number of ketones is 1. The molecule has 0 radical (unpaired) electrons. The van der Waals surface area contributed by atoms with Gasteiger partial charge in [-0.05, 0) is 48.5 Å². The van der Waals surface area contributed by atoms with Gasteiger partial charge in [0.05, 0.1) is 7.11 Å². The molecule has 0 heterocycles. The van der Waals surface area contributed by atoms with E-state index in [9.17, 15) is 19.2 Å². The van der Waals surface area contributed by atoms with Crippen molar-refractivity contribution >= 4 is 23.9 Å². The van der Waals surface area contributed by atoms with E-state index in [-0.39, 0.29) is 4.90 Å². The molecule has 2 amide bonds. The van der Waals surface area contributed by atoms with Gasteiger partial charge in [-0.1, -0.05) is 0 Å². The zero-order chi connectivity index (χ0) is 20.7. The van der Waals surface area contributed by atoms with Gasteiger partial charge in [0.2, 0.25) is 5.67 Å². The number of hydrogen-bond acceptors (Lipinski definition) is 7. The lowest BCUT2D eigenvalue weighted by atomic mass is 10.1. The van der Waals surface area contributed by atoms with Crippen LogP contribution in [0.3, 0.4) is 0 Å². The minimum Gasteiger partial charge on any atom is -0.467 e. The van der Waals surface area contributed by atoms with Crippen LogP contribution in [-0.2, 0) is 23.8 Å². The number of alkyl halides is 1. The Hall–Kier alpha value is -2.19. The molecule has 148 valence electrons. The van der Waals surface area contributed by atoms with Crippen molar-refractivity contribution in [1.29, 1.82) is 0 Å². The largest absolute Gasteiger partial charge is 0.467 e. The summed E-state index contributed by atoms with van der Waals surface area (Å²) in [6.07, 6.45) is -3.34. The highest BCUT2D eigenvalue weighted by Gasteiger charge is 2.83. The molecule has 1 aliphatic carbocycles. The summed E-state index contributed by atoms with van der Waals surface area (Å²) < 4.78 is 29.9. The average molecular weight is 375 g/mol. The molecule has 1 aliphatic rings. The van der Waals surface area contributed by atoms with Gasteiger partial charge in [0.15, 0.2) is 11.3 Å². The van der Waals surface area contributed by atoms with E-state index in [1.165, 1.54) is 41.5 Å². The van der Waals surface area contributed by atoms with E-state index in [0.29, 0.717) is 0 Å². The molecule has 0 aromatic carbocycles. The summed E-state index contributed by atoms with van der Waals surface area (Å²) in [7, 11) is 0.964. The van der Waals surface area contributed by atoms with E-state index in [1.54, 1.807) is 0 Å². The number of carbonyl (C=O) groups is 4. The lowest BCUT2D eigenvalue weighted by Gasteiger charge is -2.33. The number of methoxy groups -OCH3 is 1. The minimum absolute atomic E-state index is 0.219. The normalized spacial score (nSPS) is 25.1. The van der Waals surface area contributed by atoms with Crippen LogP contribution in [0.4, 0.5) is 14.0 Å². The predicted octanol–water partition coefficient (Wildman–Crippen LogP) is 2.77. The van der Waals surface area contributed by atoms with Crippen molar-refractivity contribution in [3.63, 3.8) is 0 Å². The fraction of sp³-hybridized carbons (Fsp3) is 0.765. The highest BCUT2D eigenvalue weighted by molar-refractivity contribution is 6.08. The van der Waals surface area contributed by atoms with E-state index in [0.717, 1.165) is 14.0 Å². The molecule has 0 aromatic heterocycles. The molecule has 26 heavy (non-hydrogen) atoms. The van der Waals surface area contributed by atoms with E-state index in [1.807, 2.05) is 0 Å². The van der Waals surface area contributed by atoms with Crippen molar-refractivity contribution in [1.82, 2.24) is 4.90 Å². The Kier molecular flexibility index (Phi) is 5.48. The molecule has 9 heteroatoms. The van der Waals surface area contributed by atoms with E-state index in [4.69, 9.17) is 9.47 Å². The third kappa shape index (κ3) is 3.96. The van der Waals surface area contributed by atoms with Crippen molar-refractivity contribution in [3.8, 4) is 0 Å². The average Bonchev–Trinajstić information content (AvgIpc) is 3.02. The molecule has 8 nitrogen and oxygen atoms in total. The molecule has 1 rings (SSSR count). The third-order valence-corrected chi connectivity index (χ3v) is 3.64. The third-order valence-electron chi connectivity index (χ3n) is 3.64. The first-order valence-electron chi connectivity index (χ1n) is 8.06. The van der Waals surface area contributed by atoms with Gasteiger partial charge < -0.3 is 14.2 Å². The first-order valence-corrected chi connectivity index (χ1v) is 8.06. The molecule has 2 atom stereocenters. The number of nitrogens with zero attached hydrogens (tertiary/aromatic N) is 1. The highest BCUT2D eigenvalue weighted by atomic mass is 19.1. The monoisotopic (exact) mass is 375 g/mol. The fourth-order valence-corrected chi connectivity index (χ4v) is 2.48. The maximum absolute atomic E-state index is 15.1. The molecule has 0 N–H and O–H groups in total. The Bertz CT molecular complexity index is 606. The summed E-state index contributed by atoms with van der Waals surface area (Å²) in [6.45, 7) is 10.1. The molecule has 0 spiro atoms. The second-order valence-electron chi connectivity index (χ2n) is 8.18. The van der Waals surface area contributed by atoms with Gasteiger partial charge in [0.25, 0.3) is 0 Å². The van der Waals surface area contributed by atoms with Crippen LogP contribution in [0, 0.1) is 0 Å². The minimum atomic E-state index is -2.77. The number of carbonyl (C=O) groups excluding carboxylic acids is 4. The van der Waals surface area contributed by atoms with Crippen molar-refractivity contribution < 1.29 is 37.8 Å². The number of imide groups is 1. The second-order valence-corrected chi connectivity index (χ2v) is 8.18. The van der Waals surface area contributed by atoms with E-state index < -0.39 is 52.8 Å². The molecular formula is C17H26FNO7. The number of amides is 2. The Labute approximate surface area is 151 Å². The first kappa shape index (κ1) is 21.9. The lowest BCUT2D eigenvalue weighted by molar-refractivity contribution is -0.152. The van der Waals surface area contributed by atoms with Gasteiger partial charge >= 0.3 is 18.2 Å². The van der Waals surface area contributed by atoms with Crippen LogP contribution in [0.25, 0.3) is 0 Å². The van der Waals surface area contributed by atoms with Crippen LogP contribution in [0.2, 0.25) is 0 Å². The van der Waals surface area contributed by atoms with Gasteiger partial charge in [0, 0.05) is 6.42 Å². The fourth-order valence-electron chi connectivity index (χ4n) is 2.48. The Morgan fingerprint density at radius 3 is 1.54 bits per heavy atom. The van der Waals surface area contributed by atoms with Crippen molar-refractivity contribution in [2.75, 3.05) is 7.11 Å². The van der Waals surface area contributed by atoms with Crippen molar-refractivity contribution in [3.05, 3.63) is 0 Å². The quantitative estimate of drug-likeness (QED) is 0.552. The van der Waals surface area contributed by atoms with Gasteiger partial charge in [-0.15, -0.1) is 0 Å². The Balaban J connectivity index is 3.47. The topological polar surface area (TPSA) is 99.2 Å². The number of hydrogen-bond donors (Lipinski definition) is 0. The Morgan fingerprint density at radius 1 is 0.923 bits per heavy atom. The second kappa shape index (κ2) is 6.51. The molecule has 0 bridgehead atoms. The van der Waals surface area contributed by atoms with Crippen LogP contribution in [0.5, 0.6) is 0 Å². The number of rotatable bonds is 3. The maximum Gasteiger partial charge on any atom is 0.421 e.